The zero-order chi connectivity index (χ0) is 21.8. The van der Waals surface area contributed by atoms with E-state index in [0.717, 1.165) is 53.9 Å². The van der Waals surface area contributed by atoms with Crippen molar-refractivity contribution in [1.82, 2.24) is 14.8 Å². The van der Waals surface area contributed by atoms with Gasteiger partial charge in [-0.15, -0.1) is 16.2 Å². The van der Waals surface area contributed by atoms with Gasteiger partial charge in [-0.3, -0.25) is 9.98 Å². The molecule has 0 saturated heterocycles. The quantitative estimate of drug-likeness (QED) is 0.419. The Morgan fingerprint density at radius 2 is 2.10 bits per heavy atom. The molecule has 3 aromatic rings. The van der Waals surface area contributed by atoms with Gasteiger partial charge in [0.2, 0.25) is 0 Å². The van der Waals surface area contributed by atoms with Crippen molar-refractivity contribution >= 4 is 33.6 Å². The molecule has 0 spiro atoms. The number of halogens is 1. The monoisotopic (exact) mass is 441 g/mol. The Kier molecular flexibility index (Phi) is 6.53. The molecule has 1 unspecified atom stereocenters. The summed E-state index contributed by atoms with van der Waals surface area (Å²) in [5, 5.41) is 2.74. The van der Waals surface area contributed by atoms with Crippen molar-refractivity contribution in [2.75, 3.05) is 32.7 Å². The minimum absolute atomic E-state index is 0.0211. The predicted molar refractivity (Wildman–Crippen MR) is 122 cm³/mol. The second-order valence-corrected chi connectivity index (χ2v) is 8.37. The molecule has 1 aromatic carbocycles. The van der Waals surface area contributed by atoms with Crippen LogP contribution >= 0.6 is 11.3 Å². The molecule has 0 saturated carbocycles. The van der Waals surface area contributed by atoms with Gasteiger partial charge in [0.05, 0.1) is 16.6 Å². The van der Waals surface area contributed by atoms with Crippen LogP contribution in [0.1, 0.15) is 24.8 Å². The number of likely N-dealkylation sites (N-methyl/N-ethyl adjacent to an activating group) is 1. The summed E-state index contributed by atoms with van der Waals surface area (Å²) in [6, 6.07) is 7.67. The molecule has 0 aliphatic carbocycles. The minimum Gasteiger partial charge on any atom is -0.453 e. The molecule has 0 radical (unpaired) electrons. The van der Waals surface area contributed by atoms with Crippen LogP contribution in [0, 0.1) is 10.7 Å². The zero-order valence-electron chi connectivity index (χ0n) is 17.5. The Morgan fingerprint density at radius 3 is 2.84 bits per heavy atom. The standard InChI is InChI=1S/C22H24FN5O2S/c1-3-27(4-2)9-10-28-13-18(25-14-28)21-12-17-22(31-21)20(7-8-24-17)30-19-6-5-15(26-29)11-16(19)23/h5-8,11-12,14,18H,3-4,9-10,13H2,1-2H3. The molecule has 3 heterocycles. The van der Waals surface area contributed by atoms with Crippen LogP contribution in [0.2, 0.25) is 0 Å². The zero-order valence-corrected chi connectivity index (χ0v) is 18.3. The lowest BCUT2D eigenvalue weighted by atomic mass is 10.2. The van der Waals surface area contributed by atoms with Crippen molar-refractivity contribution in [3.05, 3.63) is 52.1 Å². The molecule has 2 aromatic heterocycles. The van der Waals surface area contributed by atoms with Gasteiger partial charge in [0, 0.05) is 42.8 Å². The van der Waals surface area contributed by atoms with Crippen LogP contribution < -0.4 is 4.74 Å². The maximum atomic E-state index is 14.2. The number of nitrogens with zero attached hydrogens (tertiary/aromatic N) is 5. The number of hydrogen-bond donors (Lipinski definition) is 0. The first-order chi connectivity index (χ1) is 15.1. The molecule has 4 rings (SSSR count). The van der Waals surface area contributed by atoms with E-state index in [9.17, 15) is 9.30 Å². The van der Waals surface area contributed by atoms with Gasteiger partial charge in [0.1, 0.15) is 17.5 Å². The lowest BCUT2D eigenvalue weighted by molar-refractivity contribution is 0.272. The van der Waals surface area contributed by atoms with E-state index in [2.05, 4.69) is 38.8 Å². The molecule has 0 bridgehead atoms. The fourth-order valence-corrected chi connectivity index (χ4v) is 4.64. The van der Waals surface area contributed by atoms with Crippen molar-refractivity contribution < 1.29 is 9.13 Å². The molecule has 162 valence electrons. The van der Waals surface area contributed by atoms with E-state index in [4.69, 9.17) is 4.74 Å². The average molecular weight is 442 g/mol. The molecule has 1 aliphatic heterocycles. The first kappa shape index (κ1) is 21.3. The van der Waals surface area contributed by atoms with Crippen molar-refractivity contribution in [1.29, 1.82) is 0 Å². The van der Waals surface area contributed by atoms with Gasteiger partial charge in [-0.05, 0) is 36.5 Å². The third-order valence-corrected chi connectivity index (χ3v) is 6.62. The summed E-state index contributed by atoms with van der Waals surface area (Å²) in [5.74, 6) is -0.0771. The van der Waals surface area contributed by atoms with Crippen LogP contribution in [-0.4, -0.2) is 53.8 Å². The van der Waals surface area contributed by atoms with Crippen molar-refractivity contribution in [3.8, 4) is 11.5 Å². The van der Waals surface area contributed by atoms with Crippen LogP contribution in [0.3, 0.4) is 0 Å². The summed E-state index contributed by atoms with van der Waals surface area (Å²) in [6.45, 7) is 9.24. The van der Waals surface area contributed by atoms with Gasteiger partial charge in [-0.1, -0.05) is 13.8 Å². The number of aromatic nitrogens is 1. The van der Waals surface area contributed by atoms with E-state index in [-0.39, 0.29) is 17.5 Å². The maximum Gasteiger partial charge on any atom is 0.167 e. The molecule has 1 atom stereocenters. The number of aliphatic imine (C=N–C) groups is 1. The highest BCUT2D eigenvalue weighted by Crippen LogP contribution is 2.39. The lowest BCUT2D eigenvalue weighted by Crippen LogP contribution is -2.33. The highest BCUT2D eigenvalue weighted by molar-refractivity contribution is 7.19. The van der Waals surface area contributed by atoms with Gasteiger partial charge in [0.15, 0.2) is 11.6 Å². The largest absolute Gasteiger partial charge is 0.453 e. The smallest absolute Gasteiger partial charge is 0.167 e. The molecule has 0 amide bonds. The summed E-state index contributed by atoms with van der Waals surface area (Å²) in [6.07, 6.45) is 3.57. The van der Waals surface area contributed by atoms with Crippen LogP contribution in [0.5, 0.6) is 11.5 Å². The van der Waals surface area contributed by atoms with Crippen LogP contribution in [-0.2, 0) is 0 Å². The highest BCUT2D eigenvalue weighted by Gasteiger charge is 2.23. The van der Waals surface area contributed by atoms with Gasteiger partial charge in [0.25, 0.3) is 0 Å². The van der Waals surface area contributed by atoms with E-state index in [0.29, 0.717) is 5.75 Å². The van der Waals surface area contributed by atoms with Gasteiger partial charge in [-0.2, -0.15) is 0 Å². The lowest BCUT2D eigenvalue weighted by Gasteiger charge is -2.22. The Labute approximate surface area is 184 Å². The summed E-state index contributed by atoms with van der Waals surface area (Å²) in [5.41, 5.74) is 0.814. The summed E-state index contributed by atoms with van der Waals surface area (Å²) >= 11 is 1.56. The van der Waals surface area contributed by atoms with E-state index in [1.54, 1.807) is 23.6 Å². The number of pyridine rings is 1. The molecule has 9 heteroatoms. The molecule has 0 fully saturated rings. The highest BCUT2D eigenvalue weighted by atomic mass is 32.1. The van der Waals surface area contributed by atoms with Crippen molar-refractivity contribution in [3.63, 3.8) is 0 Å². The first-order valence-electron chi connectivity index (χ1n) is 10.3. The van der Waals surface area contributed by atoms with Crippen molar-refractivity contribution in [2.24, 2.45) is 10.2 Å². The number of thiophene rings is 1. The van der Waals surface area contributed by atoms with E-state index >= 15 is 0 Å². The second-order valence-electron chi connectivity index (χ2n) is 7.28. The summed E-state index contributed by atoms with van der Waals surface area (Å²) in [7, 11) is 0. The first-order valence-corrected chi connectivity index (χ1v) is 11.1. The average Bonchev–Trinajstić information content (AvgIpc) is 3.43. The Balaban J connectivity index is 1.49. The molecule has 1 aliphatic rings. The number of ether oxygens (including phenoxy) is 1. The number of benzene rings is 1. The fourth-order valence-electron chi connectivity index (χ4n) is 3.54. The second kappa shape index (κ2) is 9.49. The predicted octanol–water partition coefficient (Wildman–Crippen LogP) is 5.35. The van der Waals surface area contributed by atoms with Gasteiger partial charge < -0.3 is 14.5 Å². The van der Waals surface area contributed by atoms with Gasteiger partial charge >= 0.3 is 0 Å². The fraction of sp³-hybridized carbons (Fsp3) is 0.364. The number of rotatable bonds is 9. The molecule has 0 N–H and O–H groups in total. The summed E-state index contributed by atoms with van der Waals surface area (Å²) in [4.78, 5) is 25.4. The normalized spacial score (nSPS) is 15.9. The SMILES string of the molecule is CCN(CC)CCN1C=NC(c2cc3nccc(Oc4ccc(N=O)cc4F)c3s2)C1. The van der Waals surface area contributed by atoms with Crippen LogP contribution in [0.25, 0.3) is 10.2 Å². The van der Waals surface area contributed by atoms with Crippen LogP contribution in [0.4, 0.5) is 10.1 Å². The van der Waals surface area contributed by atoms with Gasteiger partial charge in [-0.25, -0.2) is 4.39 Å². The third kappa shape index (κ3) is 4.72. The summed E-state index contributed by atoms with van der Waals surface area (Å²) < 4.78 is 20.9. The molecule has 31 heavy (non-hydrogen) atoms. The third-order valence-electron chi connectivity index (χ3n) is 5.38. The molecule has 7 nitrogen and oxygen atoms in total. The Hall–Kier alpha value is -2.91. The Morgan fingerprint density at radius 1 is 1.26 bits per heavy atom. The number of fused-ring (bicyclic) bond motifs is 1. The number of hydrogen-bond acceptors (Lipinski definition) is 8. The van der Waals surface area contributed by atoms with E-state index in [1.165, 1.54) is 12.1 Å². The van der Waals surface area contributed by atoms with Crippen molar-refractivity contribution in [2.45, 2.75) is 19.9 Å². The maximum absolute atomic E-state index is 14.2. The minimum atomic E-state index is -0.636. The topological polar surface area (TPSA) is 70.4 Å². The Bertz CT molecular complexity index is 1100. The van der Waals surface area contributed by atoms with E-state index in [1.807, 2.05) is 12.4 Å². The molecular formula is C22H24FN5O2S. The van der Waals surface area contributed by atoms with E-state index < -0.39 is 5.82 Å². The number of nitroso groups, excluding NO2 is 1. The van der Waals surface area contributed by atoms with Crippen LogP contribution in [0.15, 0.2) is 46.7 Å². The molecular weight excluding hydrogens is 417 g/mol.